The van der Waals surface area contributed by atoms with Crippen LogP contribution in [-0.4, -0.2) is 40.3 Å². The highest BCUT2D eigenvalue weighted by Crippen LogP contribution is 2.21. The predicted octanol–water partition coefficient (Wildman–Crippen LogP) is 3.63. The second kappa shape index (κ2) is 7.93. The van der Waals surface area contributed by atoms with Crippen molar-refractivity contribution >= 4 is 22.6 Å². The van der Waals surface area contributed by atoms with Crippen LogP contribution < -0.4 is 10.6 Å². The van der Waals surface area contributed by atoms with E-state index in [4.69, 9.17) is 0 Å². The van der Waals surface area contributed by atoms with Gasteiger partial charge in [0.2, 0.25) is 0 Å². The number of likely N-dealkylation sites (tertiary alicyclic amines) is 1. The number of carbonyl (C=O) groups is 1. The molecule has 0 radical (unpaired) electrons. The quantitative estimate of drug-likeness (QED) is 0.642. The number of aromatic nitrogens is 2. The minimum Gasteiger partial charge on any atom is -0.335 e. The number of rotatable bonds is 4. The Kier molecular flexibility index (Phi) is 5.21. The van der Waals surface area contributed by atoms with Gasteiger partial charge in [-0.25, -0.2) is 13.6 Å². The zero-order valence-electron chi connectivity index (χ0n) is 15.2. The van der Waals surface area contributed by atoms with Gasteiger partial charge in [0.1, 0.15) is 11.6 Å². The first-order chi connectivity index (χ1) is 13.6. The van der Waals surface area contributed by atoms with Crippen LogP contribution in [0.2, 0.25) is 0 Å². The molecular formula is C20H21F2N5O. The van der Waals surface area contributed by atoms with E-state index < -0.39 is 11.6 Å². The summed E-state index contributed by atoms with van der Waals surface area (Å²) in [6.45, 7) is 1.99. The molecule has 4 rings (SSSR count). The van der Waals surface area contributed by atoms with Gasteiger partial charge in [0.05, 0.1) is 17.4 Å². The molecular weight excluding hydrogens is 364 g/mol. The van der Waals surface area contributed by atoms with Crippen LogP contribution in [0.1, 0.15) is 18.4 Å². The van der Waals surface area contributed by atoms with E-state index in [1.807, 2.05) is 18.2 Å². The van der Waals surface area contributed by atoms with Crippen molar-refractivity contribution in [2.75, 3.05) is 18.4 Å². The molecule has 2 heterocycles. The number of urea groups is 1. The average Bonchev–Trinajstić information content (AvgIpc) is 3.12. The summed E-state index contributed by atoms with van der Waals surface area (Å²) in [6, 6.07) is 8.99. The molecule has 0 unspecified atom stereocenters. The third kappa shape index (κ3) is 4.28. The Labute approximate surface area is 160 Å². The zero-order valence-corrected chi connectivity index (χ0v) is 15.2. The molecule has 1 aliphatic heterocycles. The molecule has 2 amide bonds. The van der Waals surface area contributed by atoms with Gasteiger partial charge in [-0.1, -0.05) is 12.1 Å². The van der Waals surface area contributed by atoms with Gasteiger partial charge in [0.15, 0.2) is 0 Å². The van der Waals surface area contributed by atoms with E-state index in [2.05, 4.69) is 25.7 Å². The highest BCUT2D eigenvalue weighted by molar-refractivity contribution is 5.99. The monoisotopic (exact) mass is 385 g/mol. The zero-order chi connectivity index (χ0) is 19.5. The first-order valence-corrected chi connectivity index (χ1v) is 9.24. The normalized spacial score (nSPS) is 15.6. The molecule has 1 fully saturated rings. The number of benzene rings is 2. The van der Waals surface area contributed by atoms with E-state index in [0.29, 0.717) is 17.8 Å². The van der Waals surface area contributed by atoms with Gasteiger partial charge >= 0.3 is 6.03 Å². The fourth-order valence-corrected chi connectivity index (χ4v) is 3.61. The lowest BCUT2D eigenvalue weighted by Crippen LogP contribution is -2.45. The summed E-state index contributed by atoms with van der Waals surface area (Å²) in [7, 11) is 0. The van der Waals surface area contributed by atoms with E-state index in [9.17, 15) is 13.6 Å². The predicted molar refractivity (Wildman–Crippen MR) is 103 cm³/mol. The molecule has 0 spiro atoms. The Morgan fingerprint density at radius 2 is 1.93 bits per heavy atom. The largest absolute Gasteiger partial charge is 0.335 e. The van der Waals surface area contributed by atoms with Crippen LogP contribution in [0.25, 0.3) is 10.9 Å². The molecule has 3 N–H and O–H groups in total. The maximum absolute atomic E-state index is 13.3. The summed E-state index contributed by atoms with van der Waals surface area (Å²) < 4.78 is 26.6. The number of carbonyl (C=O) groups excluding carboxylic acids is 1. The van der Waals surface area contributed by atoms with E-state index in [0.717, 1.165) is 42.9 Å². The van der Waals surface area contributed by atoms with Gasteiger partial charge in [0, 0.05) is 37.1 Å². The van der Waals surface area contributed by atoms with Gasteiger partial charge in [0.25, 0.3) is 0 Å². The molecule has 0 atom stereocenters. The molecule has 28 heavy (non-hydrogen) atoms. The van der Waals surface area contributed by atoms with Crippen molar-refractivity contribution in [2.45, 2.75) is 25.4 Å². The summed E-state index contributed by atoms with van der Waals surface area (Å²) in [5, 5.41) is 13.7. The fourth-order valence-electron chi connectivity index (χ4n) is 3.61. The number of anilines is 1. The SMILES string of the molecule is O=C(Nc1cccc2cn[nH]c12)NC1CCN(Cc2cc(F)cc(F)c2)CC1. The van der Waals surface area contributed by atoms with Crippen molar-refractivity contribution in [2.24, 2.45) is 0 Å². The molecule has 146 valence electrons. The highest BCUT2D eigenvalue weighted by atomic mass is 19.1. The maximum Gasteiger partial charge on any atom is 0.319 e. The molecule has 1 aliphatic rings. The molecule has 3 aromatic rings. The number of nitrogens with one attached hydrogen (secondary N) is 3. The highest BCUT2D eigenvalue weighted by Gasteiger charge is 2.21. The van der Waals surface area contributed by atoms with Crippen molar-refractivity contribution in [3.05, 3.63) is 59.8 Å². The van der Waals surface area contributed by atoms with E-state index >= 15 is 0 Å². The molecule has 0 saturated carbocycles. The summed E-state index contributed by atoms with van der Waals surface area (Å²) >= 11 is 0. The average molecular weight is 385 g/mol. The van der Waals surface area contributed by atoms with Crippen LogP contribution in [0.15, 0.2) is 42.6 Å². The number of hydrogen-bond donors (Lipinski definition) is 3. The van der Waals surface area contributed by atoms with Crippen LogP contribution in [0, 0.1) is 11.6 Å². The molecule has 1 saturated heterocycles. The van der Waals surface area contributed by atoms with Crippen molar-refractivity contribution in [1.29, 1.82) is 0 Å². The summed E-state index contributed by atoms with van der Waals surface area (Å²) in [4.78, 5) is 14.5. The second-order valence-corrected chi connectivity index (χ2v) is 7.07. The Hall–Kier alpha value is -3.00. The van der Waals surface area contributed by atoms with Crippen molar-refractivity contribution in [3.63, 3.8) is 0 Å². The molecule has 6 nitrogen and oxygen atoms in total. The number of amides is 2. The van der Waals surface area contributed by atoms with Crippen LogP contribution in [0.5, 0.6) is 0 Å². The van der Waals surface area contributed by atoms with Gasteiger partial charge in [-0.3, -0.25) is 10.00 Å². The van der Waals surface area contributed by atoms with Gasteiger partial charge in [-0.2, -0.15) is 5.10 Å². The lowest BCUT2D eigenvalue weighted by molar-refractivity contribution is 0.189. The third-order valence-corrected chi connectivity index (χ3v) is 4.98. The number of fused-ring (bicyclic) bond motifs is 1. The number of nitrogens with zero attached hydrogens (tertiary/aromatic N) is 2. The first-order valence-electron chi connectivity index (χ1n) is 9.24. The third-order valence-electron chi connectivity index (χ3n) is 4.98. The van der Waals surface area contributed by atoms with Crippen LogP contribution in [-0.2, 0) is 6.54 Å². The van der Waals surface area contributed by atoms with Crippen LogP contribution in [0.3, 0.4) is 0 Å². The lowest BCUT2D eigenvalue weighted by atomic mass is 10.0. The van der Waals surface area contributed by atoms with E-state index in [1.165, 1.54) is 12.1 Å². The molecule has 0 aliphatic carbocycles. The van der Waals surface area contributed by atoms with Crippen molar-refractivity contribution in [1.82, 2.24) is 20.4 Å². The van der Waals surface area contributed by atoms with Crippen molar-refractivity contribution in [3.8, 4) is 0 Å². The number of H-pyrrole nitrogens is 1. The summed E-state index contributed by atoms with van der Waals surface area (Å²) in [5.74, 6) is -1.12. The van der Waals surface area contributed by atoms with Gasteiger partial charge in [-0.05, 0) is 36.6 Å². The smallest absolute Gasteiger partial charge is 0.319 e. The Bertz CT molecular complexity index is 961. The fraction of sp³-hybridized carbons (Fsp3) is 0.300. The number of piperidine rings is 1. The molecule has 2 aromatic carbocycles. The molecule has 8 heteroatoms. The minimum absolute atomic E-state index is 0.0569. The lowest BCUT2D eigenvalue weighted by Gasteiger charge is -2.32. The number of hydrogen-bond acceptors (Lipinski definition) is 3. The maximum atomic E-state index is 13.3. The van der Waals surface area contributed by atoms with E-state index in [1.54, 1.807) is 6.20 Å². The second-order valence-electron chi connectivity index (χ2n) is 7.07. The van der Waals surface area contributed by atoms with Gasteiger partial charge < -0.3 is 10.6 Å². The van der Waals surface area contributed by atoms with Gasteiger partial charge in [-0.15, -0.1) is 0 Å². The topological polar surface area (TPSA) is 73.0 Å². The van der Waals surface area contributed by atoms with E-state index in [-0.39, 0.29) is 12.1 Å². The van der Waals surface area contributed by atoms with Crippen LogP contribution in [0.4, 0.5) is 19.3 Å². The van der Waals surface area contributed by atoms with Crippen molar-refractivity contribution < 1.29 is 13.6 Å². The minimum atomic E-state index is -0.560. The number of para-hydroxylation sites is 1. The first kappa shape index (κ1) is 18.4. The molecule has 1 aromatic heterocycles. The number of aromatic amines is 1. The number of halogens is 2. The Morgan fingerprint density at radius 3 is 2.68 bits per heavy atom. The standard InChI is InChI=1S/C20H21F2N5O/c21-15-8-13(9-16(22)10-15)12-27-6-4-17(5-7-27)24-20(28)25-18-3-1-2-14-11-23-26-19(14)18/h1-3,8-11,17H,4-7,12H2,(H,23,26)(H2,24,25,28). The summed E-state index contributed by atoms with van der Waals surface area (Å²) in [6.07, 6.45) is 3.26. The van der Waals surface area contributed by atoms with Crippen LogP contribution >= 0.6 is 0 Å². The molecule has 0 bridgehead atoms. The summed E-state index contributed by atoms with van der Waals surface area (Å²) in [5.41, 5.74) is 2.09. The Balaban J connectivity index is 1.28. The Morgan fingerprint density at radius 1 is 1.18 bits per heavy atom.